The Morgan fingerprint density at radius 2 is 1.71 bits per heavy atom. The summed E-state index contributed by atoms with van der Waals surface area (Å²) in [5, 5.41) is 6.81. The number of piperidine rings is 1. The molecule has 184 valence electrons. The largest absolute Gasteiger partial charge is 0.494 e. The van der Waals surface area contributed by atoms with Gasteiger partial charge in [-0.3, -0.25) is 9.59 Å². The molecule has 1 aliphatic rings. The molecule has 1 N–H and O–H groups in total. The van der Waals surface area contributed by atoms with Crippen molar-refractivity contribution in [3.8, 4) is 11.4 Å². The zero-order valence-corrected chi connectivity index (χ0v) is 20.5. The Morgan fingerprint density at radius 3 is 2.34 bits per heavy atom. The van der Waals surface area contributed by atoms with Gasteiger partial charge >= 0.3 is 0 Å². The predicted molar refractivity (Wildman–Crippen MR) is 133 cm³/mol. The second-order valence-corrected chi connectivity index (χ2v) is 10.4. The number of hydrogen-bond donors (Lipinski definition) is 1. The van der Waals surface area contributed by atoms with Crippen LogP contribution in [0.3, 0.4) is 0 Å². The monoisotopic (exact) mass is 496 g/mol. The number of ether oxygens (including phenoxy) is 1. The molecule has 0 atom stereocenters. The molecule has 9 nitrogen and oxygen atoms in total. The zero-order chi connectivity index (χ0) is 25.0. The molecule has 0 aliphatic carbocycles. The van der Waals surface area contributed by atoms with Gasteiger partial charge in [0.25, 0.3) is 5.91 Å². The molecule has 3 aromatic rings. The van der Waals surface area contributed by atoms with Crippen LogP contribution in [0.15, 0.2) is 70.5 Å². The molecule has 0 unspecified atom stereocenters. The van der Waals surface area contributed by atoms with Crippen LogP contribution in [0.4, 0.5) is 5.69 Å². The topological polar surface area (TPSA) is 111 Å². The standard InChI is InChI=1S/C25H28N4O5S/c1-3-34-21-8-6-20(7-9-21)29-17-14-23(30)24(27-29)25(31)26-19-4-10-22(11-5-19)35(32,33)28-15-12-18(2)13-16-28/h4-11,14,17-18H,3,12-13,15-16H2,1-2H3,(H,26,31). The number of rotatable bonds is 7. The van der Waals surface area contributed by atoms with Gasteiger partial charge in [-0.2, -0.15) is 9.40 Å². The molecular formula is C25H28N4O5S. The van der Waals surface area contributed by atoms with E-state index in [9.17, 15) is 18.0 Å². The maximum atomic E-state index is 12.9. The van der Waals surface area contributed by atoms with E-state index in [1.54, 1.807) is 24.3 Å². The lowest BCUT2D eigenvalue weighted by molar-refractivity contribution is 0.101. The van der Waals surface area contributed by atoms with E-state index in [-0.39, 0.29) is 10.6 Å². The van der Waals surface area contributed by atoms with Gasteiger partial charge < -0.3 is 10.1 Å². The second kappa shape index (κ2) is 10.4. The van der Waals surface area contributed by atoms with E-state index in [0.717, 1.165) is 12.8 Å². The number of sulfonamides is 1. The molecule has 10 heteroatoms. The number of benzene rings is 2. The SMILES string of the molecule is CCOc1ccc(-n2ccc(=O)c(C(=O)Nc3ccc(S(=O)(=O)N4CCC(C)CC4)cc3)n2)cc1. The van der Waals surface area contributed by atoms with Crippen LogP contribution in [-0.2, 0) is 10.0 Å². The van der Waals surface area contributed by atoms with E-state index in [0.29, 0.717) is 42.7 Å². The first-order valence-corrected chi connectivity index (χ1v) is 13.0. The van der Waals surface area contributed by atoms with Crippen molar-refractivity contribution >= 4 is 21.6 Å². The van der Waals surface area contributed by atoms with Crippen LogP contribution >= 0.6 is 0 Å². The van der Waals surface area contributed by atoms with Gasteiger partial charge in [0.05, 0.1) is 17.2 Å². The normalized spacial score (nSPS) is 15.0. The van der Waals surface area contributed by atoms with Gasteiger partial charge in [0.1, 0.15) is 5.75 Å². The van der Waals surface area contributed by atoms with Crippen molar-refractivity contribution in [3.05, 3.63) is 76.7 Å². The van der Waals surface area contributed by atoms with E-state index < -0.39 is 21.4 Å². The summed E-state index contributed by atoms with van der Waals surface area (Å²) in [5.74, 6) is 0.538. The summed E-state index contributed by atoms with van der Waals surface area (Å²) in [7, 11) is -3.59. The van der Waals surface area contributed by atoms with Gasteiger partial charge in [-0.05, 0) is 74.2 Å². The molecule has 2 aromatic carbocycles. The van der Waals surface area contributed by atoms with Gasteiger partial charge in [-0.25, -0.2) is 13.1 Å². The third kappa shape index (κ3) is 5.60. The van der Waals surface area contributed by atoms with E-state index in [1.165, 1.54) is 45.5 Å². The smallest absolute Gasteiger partial charge is 0.280 e. The Morgan fingerprint density at radius 1 is 1.06 bits per heavy atom. The summed E-state index contributed by atoms with van der Waals surface area (Å²) >= 11 is 0. The van der Waals surface area contributed by atoms with Crippen LogP contribution in [0.5, 0.6) is 5.75 Å². The number of aromatic nitrogens is 2. The fourth-order valence-electron chi connectivity index (χ4n) is 3.85. The van der Waals surface area contributed by atoms with Crippen molar-refractivity contribution in [2.24, 2.45) is 5.92 Å². The Bertz CT molecular complexity index is 1340. The van der Waals surface area contributed by atoms with Gasteiger partial charge in [0.2, 0.25) is 15.5 Å². The first-order valence-electron chi connectivity index (χ1n) is 11.5. The van der Waals surface area contributed by atoms with E-state index >= 15 is 0 Å². The van der Waals surface area contributed by atoms with Gasteiger partial charge in [-0.15, -0.1) is 0 Å². The number of anilines is 1. The first-order chi connectivity index (χ1) is 16.8. The Labute approximate surface area is 204 Å². The molecule has 0 saturated carbocycles. The number of hydrogen-bond acceptors (Lipinski definition) is 6. The van der Waals surface area contributed by atoms with Crippen molar-refractivity contribution < 1.29 is 17.9 Å². The number of nitrogens with zero attached hydrogens (tertiary/aromatic N) is 3. The van der Waals surface area contributed by atoms with Crippen molar-refractivity contribution in [1.82, 2.24) is 14.1 Å². The summed E-state index contributed by atoms with van der Waals surface area (Å²) < 4.78 is 34.2. The minimum absolute atomic E-state index is 0.167. The van der Waals surface area contributed by atoms with Gasteiger partial charge in [-0.1, -0.05) is 6.92 Å². The third-order valence-corrected chi connectivity index (χ3v) is 7.84. The van der Waals surface area contributed by atoms with Crippen molar-refractivity contribution in [2.45, 2.75) is 31.6 Å². The fraction of sp³-hybridized carbons (Fsp3) is 0.320. The molecule has 0 spiro atoms. The Hall–Kier alpha value is -3.50. The van der Waals surface area contributed by atoms with Crippen LogP contribution < -0.4 is 15.5 Å². The second-order valence-electron chi connectivity index (χ2n) is 8.47. The lowest BCUT2D eigenvalue weighted by Crippen LogP contribution is -2.37. The summed E-state index contributed by atoms with van der Waals surface area (Å²) in [5.41, 5.74) is 0.215. The van der Waals surface area contributed by atoms with Crippen LogP contribution in [0, 0.1) is 5.92 Å². The number of amides is 1. The number of carbonyl (C=O) groups excluding carboxylic acids is 1. The highest BCUT2D eigenvalue weighted by molar-refractivity contribution is 7.89. The maximum absolute atomic E-state index is 12.9. The lowest BCUT2D eigenvalue weighted by Gasteiger charge is -2.29. The van der Waals surface area contributed by atoms with Gasteiger partial charge in [0.15, 0.2) is 5.69 Å². The van der Waals surface area contributed by atoms with E-state index in [1.807, 2.05) is 6.92 Å². The van der Waals surface area contributed by atoms with Crippen LogP contribution in [-0.4, -0.2) is 48.1 Å². The van der Waals surface area contributed by atoms with E-state index in [4.69, 9.17) is 4.74 Å². The Balaban J connectivity index is 1.49. The molecule has 1 saturated heterocycles. The number of nitrogens with one attached hydrogen (secondary N) is 1. The first kappa shape index (κ1) is 24.6. The van der Waals surface area contributed by atoms with Crippen molar-refractivity contribution in [2.75, 3.05) is 25.0 Å². The van der Waals surface area contributed by atoms with Crippen LogP contribution in [0.1, 0.15) is 37.2 Å². The highest BCUT2D eigenvalue weighted by atomic mass is 32.2. The Kier molecular flexibility index (Phi) is 7.32. The molecule has 0 bridgehead atoms. The number of carbonyl (C=O) groups is 1. The molecule has 1 aliphatic heterocycles. The lowest BCUT2D eigenvalue weighted by atomic mass is 10.0. The highest BCUT2D eigenvalue weighted by Gasteiger charge is 2.28. The average Bonchev–Trinajstić information content (AvgIpc) is 2.86. The zero-order valence-electron chi connectivity index (χ0n) is 19.7. The molecule has 2 heterocycles. The van der Waals surface area contributed by atoms with Crippen LogP contribution in [0.2, 0.25) is 0 Å². The van der Waals surface area contributed by atoms with E-state index in [2.05, 4.69) is 17.3 Å². The minimum Gasteiger partial charge on any atom is -0.494 e. The fourth-order valence-corrected chi connectivity index (χ4v) is 5.32. The summed E-state index contributed by atoms with van der Waals surface area (Å²) in [6, 6.07) is 14.3. The minimum atomic E-state index is -3.59. The summed E-state index contributed by atoms with van der Waals surface area (Å²) in [6.07, 6.45) is 3.16. The molecule has 4 rings (SSSR count). The molecule has 35 heavy (non-hydrogen) atoms. The highest BCUT2D eigenvalue weighted by Crippen LogP contribution is 2.24. The van der Waals surface area contributed by atoms with Crippen LogP contribution in [0.25, 0.3) is 5.69 Å². The molecule has 1 aromatic heterocycles. The third-order valence-electron chi connectivity index (χ3n) is 5.93. The molecule has 0 radical (unpaired) electrons. The predicted octanol–water partition coefficient (Wildman–Crippen LogP) is 3.30. The maximum Gasteiger partial charge on any atom is 0.280 e. The molecular weight excluding hydrogens is 468 g/mol. The van der Waals surface area contributed by atoms with Crippen molar-refractivity contribution in [3.63, 3.8) is 0 Å². The summed E-state index contributed by atoms with van der Waals surface area (Å²) in [4.78, 5) is 25.3. The molecule has 1 fully saturated rings. The van der Waals surface area contributed by atoms with Gasteiger partial charge in [0, 0.05) is 31.0 Å². The van der Waals surface area contributed by atoms with Crippen molar-refractivity contribution in [1.29, 1.82) is 0 Å². The molecule has 1 amide bonds. The average molecular weight is 497 g/mol. The quantitative estimate of drug-likeness (QED) is 0.537. The summed E-state index contributed by atoms with van der Waals surface area (Å²) in [6.45, 7) is 5.56.